The Morgan fingerprint density at radius 3 is 2.29 bits per heavy atom. The summed E-state index contributed by atoms with van der Waals surface area (Å²) >= 11 is 5.51. The molecule has 28 heavy (non-hydrogen) atoms. The molecule has 0 amide bonds. The van der Waals surface area contributed by atoms with Crippen molar-refractivity contribution in [1.29, 1.82) is 0 Å². The number of nitrogens with zero attached hydrogens (tertiary/aromatic N) is 1. The van der Waals surface area contributed by atoms with E-state index in [1.807, 2.05) is 43.3 Å². The number of anilines is 1. The van der Waals surface area contributed by atoms with Crippen LogP contribution in [0.1, 0.15) is 31.4 Å². The van der Waals surface area contributed by atoms with E-state index < -0.39 is 0 Å². The van der Waals surface area contributed by atoms with Gasteiger partial charge in [-0.05, 0) is 87.0 Å². The molecule has 150 valence electrons. The van der Waals surface area contributed by atoms with Crippen molar-refractivity contribution in [3.05, 3.63) is 54.1 Å². The quantitative estimate of drug-likeness (QED) is 0.648. The van der Waals surface area contributed by atoms with Crippen LogP contribution in [0.3, 0.4) is 0 Å². The Kier molecular flexibility index (Phi) is 7.51. The number of nitrogens with one attached hydrogen (secondary N) is 2. The largest absolute Gasteiger partial charge is 0.497 e. The minimum atomic E-state index is 0.286. The molecule has 0 saturated carbocycles. The van der Waals surface area contributed by atoms with E-state index in [2.05, 4.69) is 27.7 Å². The molecule has 1 unspecified atom stereocenters. The van der Waals surface area contributed by atoms with E-state index in [0.29, 0.717) is 11.7 Å². The van der Waals surface area contributed by atoms with Crippen LogP contribution in [0, 0.1) is 0 Å². The molecule has 0 spiro atoms. The van der Waals surface area contributed by atoms with Crippen molar-refractivity contribution in [1.82, 2.24) is 10.2 Å². The highest BCUT2D eigenvalue weighted by Crippen LogP contribution is 2.26. The molecule has 5 nitrogen and oxygen atoms in total. The van der Waals surface area contributed by atoms with E-state index >= 15 is 0 Å². The van der Waals surface area contributed by atoms with Gasteiger partial charge in [-0.3, -0.25) is 4.90 Å². The Balaban J connectivity index is 1.59. The van der Waals surface area contributed by atoms with Gasteiger partial charge in [-0.15, -0.1) is 0 Å². The molecule has 1 fully saturated rings. The maximum atomic E-state index is 5.51. The highest BCUT2D eigenvalue weighted by atomic mass is 32.1. The summed E-state index contributed by atoms with van der Waals surface area (Å²) < 4.78 is 10.8. The van der Waals surface area contributed by atoms with Crippen LogP contribution in [0.2, 0.25) is 0 Å². The van der Waals surface area contributed by atoms with Crippen molar-refractivity contribution in [3.8, 4) is 11.5 Å². The lowest BCUT2D eigenvalue weighted by Crippen LogP contribution is -2.38. The average Bonchev–Trinajstić information content (AvgIpc) is 3.25. The van der Waals surface area contributed by atoms with Gasteiger partial charge in [0.15, 0.2) is 5.11 Å². The minimum absolute atomic E-state index is 0.286. The summed E-state index contributed by atoms with van der Waals surface area (Å²) in [4.78, 5) is 2.52. The first-order chi connectivity index (χ1) is 13.7. The van der Waals surface area contributed by atoms with Gasteiger partial charge < -0.3 is 20.1 Å². The van der Waals surface area contributed by atoms with Crippen LogP contribution < -0.4 is 20.1 Å². The normalized spacial score (nSPS) is 15.1. The molecule has 2 aromatic rings. The van der Waals surface area contributed by atoms with Crippen molar-refractivity contribution in [2.24, 2.45) is 0 Å². The monoisotopic (exact) mass is 399 g/mol. The summed E-state index contributed by atoms with van der Waals surface area (Å²) in [7, 11) is 1.69. The average molecular weight is 400 g/mol. The first kappa shape index (κ1) is 20.4. The van der Waals surface area contributed by atoms with E-state index in [0.717, 1.165) is 36.8 Å². The third-order valence-corrected chi connectivity index (χ3v) is 5.21. The first-order valence-corrected chi connectivity index (χ1v) is 10.3. The summed E-state index contributed by atoms with van der Waals surface area (Å²) in [6, 6.07) is 16.5. The highest BCUT2D eigenvalue weighted by Gasteiger charge is 2.23. The molecule has 1 atom stereocenters. The molecule has 0 bridgehead atoms. The zero-order chi connectivity index (χ0) is 19.8. The first-order valence-electron chi connectivity index (χ1n) is 9.85. The van der Waals surface area contributed by atoms with Gasteiger partial charge in [0.2, 0.25) is 0 Å². The number of benzene rings is 2. The van der Waals surface area contributed by atoms with Crippen molar-refractivity contribution in [2.45, 2.75) is 25.8 Å². The van der Waals surface area contributed by atoms with Crippen LogP contribution in [0.25, 0.3) is 0 Å². The Morgan fingerprint density at radius 2 is 1.68 bits per heavy atom. The second-order valence-electron chi connectivity index (χ2n) is 6.82. The molecular formula is C22H29N3O2S. The van der Waals surface area contributed by atoms with Crippen LogP contribution in [-0.4, -0.2) is 43.4 Å². The fourth-order valence-corrected chi connectivity index (χ4v) is 3.70. The summed E-state index contributed by atoms with van der Waals surface area (Å²) in [5.41, 5.74) is 2.22. The van der Waals surface area contributed by atoms with Gasteiger partial charge >= 0.3 is 0 Å². The van der Waals surface area contributed by atoms with E-state index in [9.17, 15) is 0 Å². The number of ether oxygens (including phenoxy) is 2. The molecule has 1 aliphatic heterocycles. The summed E-state index contributed by atoms with van der Waals surface area (Å²) in [6.07, 6.45) is 2.50. The molecule has 1 saturated heterocycles. The summed E-state index contributed by atoms with van der Waals surface area (Å²) in [5.74, 6) is 1.74. The minimum Gasteiger partial charge on any atom is -0.497 e. The van der Waals surface area contributed by atoms with Crippen molar-refractivity contribution in [3.63, 3.8) is 0 Å². The predicted octanol–water partition coefficient (Wildman–Crippen LogP) is 4.22. The summed E-state index contributed by atoms with van der Waals surface area (Å²) in [6.45, 7) is 5.64. The lowest BCUT2D eigenvalue weighted by molar-refractivity contribution is 0.246. The third kappa shape index (κ3) is 5.59. The van der Waals surface area contributed by atoms with Crippen LogP contribution in [0.5, 0.6) is 11.5 Å². The van der Waals surface area contributed by atoms with E-state index in [1.54, 1.807) is 7.11 Å². The van der Waals surface area contributed by atoms with Crippen molar-refractivity contribution in [2.75, 3.05) is 38.7 Å². The topological polar surface area (TPSA) is 45.8 Å². The molecule has 1 aliphatic rings. The van der Waals surface area contributed by atoms with Crippen LogP contribution in [-0.2, 0) is 0 Å². The Hall–Kier alpha value is -2.31. The Bertz CT molecular complexity index is 743. The molecule has 3 rings (SSSR count). The van der Waals surface area contributed by atoms with E-state index in [-0.39, 0.29) is 6.04 Å². The number of rotatable bonds is 8. The van der Waals surface area contributed by atoms with E-state index in [4.69, 9.17) is 21.7 Å². The van der Waals surface area contributed by atoms with Gasteiger partial charge in [-0.2, -0.15) is 0 Å². The van der Waals surface area contributed by atoms with Gasteiger partial charge in [0.05, 0.1) is 19.8 Å². The molecule has 1 heterocycles. The van der Waals surface area contributed by atoms with Gasteiger partial charge in [0.25, 0.3) is 0 Å². The standard InChI is InChI=1S/C22H29N3O2S/c1-3-27-20-12-8-18(9-13-20)24-22(28)23-16-21(25-14-4-5-15-25)17-6-10-19(26-2)11-7-17/h6-13,21H,3-5,14-16H2,1-2H3,(H2,23,24,28). The van der Waals surface area contributed by atoms with Crippen LogP contribution in [0.4, 0.5) is 5.69 Å². The molecule has 6 heteroatoms. The van der Waals surface area contributed by atoms with Gasteiger partial charge in [-0.1, -0.05) is 12.1 Å². The second-order valence-corrected chi connectivity index (χ2v) is 7.23. The molecule has 0 aromatic heterocycles. The maximum absolute atomic E-state index is 5.51. The number of hydrogen-bond donors (Lipinski definition) is 2. The Labute approximate surface area is 173 Å². The van der Waals surface area contributed by atoms with E-state index in [1.165, 1.54) is 18.4 Å². The fraction of sp³-hybridized carbons (Fsp3) is 0.409. The second kappa shape index (κ2) is 10.3. The zero-order valence-electron chi connectivity index (χ0n) is 16.6. The lowest BCUT2D eigenvalue weighted by atomic mass is 10.1. The van der Waals surface area contributed by atoms with Gasteiger partial charge in [0.1, 0.15) is 11.5 Å². The predicted molar refractivity (Wildman–Crippen MR) is 118 cm³/mol. The summed E-state index contributed by atoms with van der Waals surface area (Å²) in [5, 5.41) is 7.27. The third-order valence-electron chi connectivity index (χ3n) is 4.96. The lowest BCUT2D eigenvalue weighted by Gasteiger charge is -2.29. The van der Waals surface area contributed by atoms with Crippen molar-refractivity contribution < 1.29 is 9.47 Å². The number of likely N-dealkylation sites (tertiary alicyclic amines) is 1. The SMILES string of the molecule is CCOc1ccc(NC(=S)NCC(c2ccc(OC)cc2)N2CCCC2)cc1. The number of thiocarbonyl (C=S) groups is 1. The maximum Gasteiger partial charge on any atom is 0.170 e. The molecule has 2 N–H and O–H groups in total. The molecule has 0 aliphatic carbocycles. The molecular weight excluding hydrogens is 370 g/mol. The highest BCUT2D eigenvalue weighted by molar-refractivity contribution is 7.80. The van der Waals surface area contributed by atoms with Crippen LogP contribution in [0.15, 0.2) is 48.5 Å². The number of methoxy groups -OCH3 is 1. The fourth-order valence-electron chi connectivity index (χ4n) is 3.50. The molecule has 0 radical (unpaired) electrons. The van der Waals surface area contributed by atoms with Crippen LogP contribution >= 0.6 is 12.2 Å². The van der Waals surface area contributed by atoms with Gasteiger partial charge in [-0.25, -0.2) is 0 Å². The van der Waals surface area contributed by atoms with Gasteiger partial charge in [0, 0.05) is 12.2 Å². The number of hydrogen-bond acceptors (Lipinski definition) is 4. The smallest absolute Gasteiger partial charge is 0.170 e. The zero-order valence-corrected chi connectivity index (χ0v) is 17.4. The molecule has 2 aromatic carbocycles. The Morgan fingerprint density at radius 1 is 1.04 bits per heavy atom. The van der Waals surface area contributed by atoms with Crippen molar-refractivity contribution >= 4 is 23.0 Å².